The average molecular weight is 431 g/mol. The quantitative estimate of drug-likeness (QED) is 0.356. The van der Waals surface area contributed by atoms with Crippen LogP contribution in [0.3, 0.4) is 0 Å². The zero-order chi connectivity index (χ0) is 22.8. The Bertz CT molecular complexity index is 925. The molecular formula is C30H38O2. The summed E-state index contributed by atoms with van der Waals surface area (Å²) in [6.07, 6.45) is 5.32. The van der Waals surface area contributed by atoms with Crippen molar-refractivity contribution >= 4 is 0 Å². The highest BCUT2D eigenvalue weighted by Crippen LogP contribution is 2.37. The molecule has 2 heteroatoms. The summed E-state index contributed by atoms with van der Waals surface area (Å²) in [7, 11) is 0. The van der Waals surface area contributed by atoms with Gasteiger partial charge in [-0.3, -0.25) is 0 Å². The molecule has 0 heterocycles. The zero-order valence-corrected chi connectivity index (χ0v) is 20.1. The molecule has 0 aromatic heterocycles. The zero-order valence-electron chi connectivity index (χ0n) is 20.1. The maximum Gasteiger partial charge on any atom is 0.127 e. The van der Waals surface area contributed by atoms with Crippen molar-refractivity contribution in [2.75, 3.05) is 6.61 Å². The normalized spacial score (nSPS) is 13.6. The van der Waals surface area contributed by atoms with Crippen LogP contribution in [-0.4, -0.2) is 6.61 Å². The average Bonchev–Trinajstić information content (AvgIpc) is 2.74. The predicted molar refractivity (Wildman–Crippen MR) is 135 cm³/mol. The summed E-state index contributed by atoms with van der Waals surface area (Å²) in [5.41, 5.74) is 3.93. The first-order chi connectivity index (χ1) is 15.5. The van der Waals surface area contributed by atoms with Crippen molar-refractivity contribution < 1.29 is 9.47 Å². The van der Waals surface area contributed by atoms with Gasteiger partial charge in [0.1, 0.15) is 11.5 Å². The Morgan fingerprint density at radius 2 is 1.47 bits per heavy atom. The summed E-state index contributed by atoms with van der Waals surface area (Å²) in [6, 6.07) is 27.2. The van der Waals surface area contributed by atoms with Gasteiger partial charge in [0.25, 0.3) is 0 Å². The van der Waals surface area contributed by atoms with E-state index >= 15 is 0 Å². The lowest BCUT2D eigenvalue weighted by atomic mass is 9.78. The third-order valence-corrected chi connectivity index (χ3v) is 5.88. The van der Waals surface area contributed by atoms with Crippen LogP contribution in [0.4, 0.5) is 0 Å². The van der Waals surface area contributed by atoms with Crippen LogP contribution in [0.15, 0.2) is 78.9 Å². The molecule has 0 radical (unpaired) electrons. The summed E-state index contributed by atoms with van der Waals surface area (Å²) in [5, 5.41) is 0. The summed E-state index contributed by atoms with van der Waals surface area (Å²) in [5.74, 6) is 2.47. The van der Waals surface area contributed by atoms with Gasteiger partial charge in [0.15, 0.2) is 0 Å². The predicted octanol–water partition coefficient (Wildman–Crippen LogP) is 8.66. The van der Waals surface area contributed by atoms with E-state index in [-0.39, 0.29) is 5.41 Å². The summed E-state index contributed by atoms with van der Waals surface area (Å²) in [4.78, 5) is 0. The van der Waals surface area contributed by atoms with Crippen LogP contribution in [0.25, 0.3) is 0 Å². The van der Waals surface area contributed by atoms with Crippen molar-refractivity contribution in [3.63, 3.8) is 0 Å². The van der Waals surface area contributed by atoms with Gasteiger partial charge < -0.3 is 9.47 Å². The number of para-hydroxylation sites is 1. The minimum absolute atomic E-state index is 0.0176. The van der Waals surface area contributed by atoms with Gasteiger partial charge in [-0.25, -0.2) is 0 Å². The maximum absolute atomic E-state index is 6.10. The molecule has 1 saturated carbocycles. The Labute approximate surface area is 194 Å². The molecule has 0 bridgehead atoms. The molecule has 3 aromatic rings. The fourth-order valence-corrected chi connectivity index (χ4v) is 3.78. The van der Waals surface area contributed by atoms with Gasteiger partial charge in [-0.1, -0.05) is 95.1 Å². The smallest absolute Gasteiger partial charge is 0.127 e. The molecule has 1 aliphatic rings. The van der Waals surface area contributed by atoms with Crippen LogP contribution >= 0.6 is 0 Å². The van der Waals surface area contributed by atoms with E-state index in [2.05, 4.69) is 58.0 Å². The highest BCUT2D eigenvalue weighted by molar-refractivity contribution is 5.34. The molecule has 3 aromatic carbocycles. The molecule has 0 spiro atoms. The van der Waals surface area contributed by atoms with Crippen LogP contribution in [0.2, 0.25) is 0 Å². The SMILES string of the molecule is CC(C)(COCc1cccc(Oc2ccccc2)c1)c1ccc(C2CCC2)cc1.CCC. The minimum Gasteiger partial charge on any atom is -0.457 e. The molecule has 0 saturated heterocycles. The van der Waals surface area contributed by atoms with E-state index in [1.54, 1.807) is 0 Å². The standard InChI is InChI=1S/C27H30O2.C3H8/c1-27(2,24-16-14-23(15-17-24)22-9-7-10-22)20-28-19-21-8-6-13-26(18-21)29-25-11-4-3-5-12-25;1-3-2/h3-6,8,11-18,22H,7,9-10,19-20H2,1-2H3;3H2,1-2H3. The Morgan fingerprint density at radius 3 is 2.09 bits per heavy atom. The lowest BCUT2D eigenvalue weighted by molar-refractivity contribution is 0.0824. The second-order valence-corrected chi connectivity index (χ2v) is 9.40. The van der Waals surface area contributed by atoms with Gasteiger partial charge in [0.05, 0.1) is 13.2 Å². The number of rotatable bonds is 8. The second kappa shape index (κ2) is 11.9. The Hall–Kier alpha value is -2.58. The highest BCUT2D eigenvalue weighted by atomic mass is 16.5. The van der Waals surface area contributed by atoms with Crippen molar-refractivity contribution in [3.8, 4) is 11.5 Å². The lowest BCUT2D eigenvalue weighted by Gasteiger charge is -2.28. The number of benzene rings is 3. The van der Waals surface area contributed by atoms with Gasteiger partial charge in [-0.05, 0) is 59.7 Å². The topological polar surface area (TPSA) is 18.5 Å². The van der Waals surface area contributed by atoms with Crippen LogP contribution < -0.4 is 4.74 Å². The van der Waals surface area contributed by atoms with E-state index in [9.17, 15) is 0 Å². The second-order valence-electron chi connectivity index (χ2n) is 9.40. The van der Waals surface area contributed by atoms with E-state index in [1.807, 2.05) is 48.5 Å². The van der Waals surface area contributed by atoms with Gasteiger partial charge in [-0.15, -0.1) is 0 Å². The van der Waals surface area contributed by atoms with Gasteiger partial charge in [-0.2, -0.15) is 0 Å². The molecule has 0 atom stereocenters. The summed E-state index contributed by atoms with van der Waals surface area (Å²) < 4.78 is 12.0. The molecule has 0 amide bonds. The van der Waals surface area contributed by atoms with Crippen LogP contribution in [0.5, 0.6) is 11.5 Å². The first-order valence-electron chi connectivity index (χ1n) is 12.0. The van der Waals surface area contributed by atoms with Gasteiger partial charge in [0.2, 0.25) is 0 Å². The first-order valence-corrected chi connectivity index (χ1v) is 12.0. The van der Waals surface area contributed by atoms with Crippen LogP contribution in [0.1, 0.15) is 76.0 Å². The molecule has 4 rings (SSSR count). The van der Waals surface area contributed by atoms with E-state index < -0.39 is 0 Å². The molecule has 1 aliphatic carbocycles. The van der Waals surface area contributed by atoms with Crippen molar-refractivity contribution in [1.82, 2.24) is 0 Å². The van der Waals surface area contributed by atoms with E-state index in [0.29, 0.717) is 13.2 Å². The number of hydrogen-bond donors (Lipinski definition) is 0. The number of hydrogen-bond acceptors (Lipinski definition) is 2. The molecule has 170 valence electrons. The van der Waals surface area contributed by atoms with E-state index in [0.717, 1.165) is 23.0 Å². The minimum atomic E-state index is -0.0176. The van der Waals surface area contributed by atoms with Gasteiger partial charge in [0, 0.05) is 5.41 Å². The molecular weight excluding hydrogens is 392 g/mol. The molecule has 0 unspecified atom stereocenters. The Morgan fingerprint density at radius 1 is 0.812 bits per heavy atom. The van der Waals surface area contributed by atoms with Gasteiger partial charge >= 0.3 is 0 Å². The largest absolute Gasteiger partial charge is 0.457 e. The number of ether oxygens (including phenoxy) is 2. The fourth-order valence-electron chi connectivity index (χ4n) is 3.78. The Balaban J connectivity index is 0.000000913. The monoisotopic (exact) mass is 430 g/mol. The maximum atomic E-state index is 6.10. The molecule has 0 aliphatic heterocycles. The third kappa shape index (κ3) is 6.97. The highest BCUT2D eigenvalue weighted by Gasteiger charge is 2.23. The third-order valence-electron chi connectivity index (χ3n) is 5.88. The molecule has 2 nitrogen and oxygen atoms in total. The van der Waals surface area contributed by atoms with Crippen molar-refractivity contribution in [3.05, 3.63) is 95.6 Å². The Kier molecular flexibility index (Phi) is 8.93. The van der Waals surface area contributed by atoms with Crippen molar-refractivity contribution in [2.45, 2.75) is 71.3 Å². The summed E-state index contributed by atoms with van der Waals surface area (Å²) >= 11 is 0. The van der Waals surface area contributed by atoms with Crippen LogP contribution in [0, 0.1) is 0 Å². The van der Waals surface area contributed by atoms with Crippen molar-refractivity contribution in [1.29, 1.82) is 0 Å². The lowest BCUT2D eigenvalue weighted by Crippen LogP contribution is -2.24. The summed E-state index contributed by atoms with van der Waals surface area (Å²) in [6.45, 7) is 10.0. The molecule has 32 heavy (non-hydrogen) atoms. The van der Waals surface area contributed by atoms with E-state index in [1.165, 1.54) is 36.8 Å². The van der Waals surface area contributed by atoms with E-state index in [4.69, 9.17) is 9.47 Å². The van der Waals surface area contributed by atoms with Crippen molar-refractivity contribution in [2.24, 2.45) is 0 Å². The molecule has 0 N–H and O–H groups in total. The van der Waals surface area contributed by atoms with Crippen LogP contribution in [-0.2, 0) is 16.8 Å². The fraction of sp³-hybridized carbons (Fsp3) is 0.400. The first kappa shape index (κ1) is 24.1. The molecule has 1 fully saturated rings.